The molecule has 0 saturated heterocycles. The Labute approximate surface area is 140 Å². The zero-order chi connectivity index (χ0) is 18.0. The Kier molecular flexibility index (Phi) is 4.62. The maximum Gasteiger partial charge on any atom is 0.313 e. The highest BCUT2D eigenvalue weighted by atomic mass is 32.2. The summed E-state index contributed by atoms with van der Waals surface area (Å²) in [6.45, 7) is 3.14. The maximum absolute atomic E-state index is 12.3. The van der Waals surface area contributed by atoms with Crippen LogP contribution in [0, 0.1) is 11.3 Å². The number of aliphatic carboxylic acids is 1. The molecule has 2 rings (SSSR count). The van der Waals surface area contributed by atoms with Crippen molar-refractivity contribution in [3.8, 4) is 6.07 Å². The Morgan fingerprint density at radius 1 is 1.17 bits per heavy atom. The summed E-state index contributed by atoms with van der Waals surface area (Å²) < 4.78 is 27.1. The molecule has 0 unspecified atom stereocenters. The van der Waals surface area contributed by atoms with Crippen LogP contribution in [0.3, 0.4) is 0 Å². The van der Waals surface area contributed by atoms with Gasteiger partial charge < -0.3 is 5.11 Å². The Morgan fingerprint density at radius 2 is 1.79 bits per heavy atom. The number of benzene rings is 2. The molecule has 6 nitrogen and oxygen atoms in total. The third kappa shape index (κ3) is 3.55. The second-order valence-electron chi connectivity index (χ2n) is 5.75. The lowest BCUT2D eigenvalue weighted by molar-refractivity contribution is -0.142. The van der Waals surface area contributed by atoms with E-state index in [1.807, 2.05) is 6.07 Å². The number of sulfonamides is 1. The number of carbonyl (C=O) groups is 1. The molecular weight excluding hydrogens is 328 g/mol. The van der Waals surface area contributed by atoms with Gasteiger partial charge in [-0.1, -0.05) is 18.2 Å². The van der Waals surface area contributed by atoms with E-state index in [9.17, 15) is 18.3 Å². The average Bonchev–Trinajstić information content (AvgIpc) is 2.55. The topological polar surface area (TPSA) is 107 Å². The molecule has 124 valence electrons. The van der Waals surface area contributed by atoms with Gasteiger partial charge >= 0.3 is 5.97 Å². The fourth-order valence-corrected chi connectivity index (χ4v) is 3.13. The molecule has 0 bridgehead atoms. The first-order valence-electron chi connectivity index (χ1n) is 7.04. The van der Waals surface area contributed by atoms with Crippen molar-refractivity contribution in [2.75, 3.05) is 4.72 Å². The smallest absolute Gasteiger partial charge is 0.313 e. The van der Waals surface area contributed by atoms with Crippen LogP contribution in [0.2, 0.25) is 0 Å². The van der Waals surface area contributed by atoms with Crippen LogP contribution in [0.25, 0.3) is 0 Å². The SMILES string of the molecule is CC(C)(C(=O)O)c1ccc(NS(=O)(=O)c2cccc(C#N)c2)cc1. The molecule has 2 aromatic rings. The number of hydrogen-bond donors (Lipinski definition) is 2. The number of rotatable bonds is 5. The molecule has 0 aliphatic carbocycles. The van der Waals surface area contributed by atoms with Gasteiger partial charge in [-0.2, -0.15) is 5.26 Å². The molecule has 7 heteroatoms. The van der Waals surface area contributed by atoms with Crippen molar-refractivity contribution >= 4 is 21.7 Å². The Morgan fingerprint density at radius 3 is 2.33 bits per heavy atom. The summed E-state index contributed by atoms with van der Waals surface area (Å²) >= 11 is 0. The number of nitrogens with one attached hydrogen (secondary N) is 1. The summed E-state index contributed by atoms with van der Waals surface area (Å²) in [7, 11) is -3.83. The molecule has 0 fully saturated rings. The highest BCUT2D eigenvalue weighted by molar-refractivity contribution is 7.92. The molecule has 0 radical (unpaired) electrons. The molecule has 0 saturated carbocycles. The third-order valence-corrected chi connectivity index (χ3v) is 5.05. The van der Waals surface area contributed by atoms with Crippen molar-refractivity contribution < 1.29 is 18.3 Å². The third-order valence-electron chi connectivity index (χ3n) is 3.67. The van der Waals surface area contributed by atoms with Crippen LogP contribution < -0.4 is 4.72 Å². The summed E-state index contributed by atoms with van der Waals surface area (Å²) in [6, 6.07) is 13.7. The van der Waals surface area contributed by atoms with Gasteiger partial charge in [-0.05, 0) is 49.7 Å². The molecule has 24 heavy (non-hydrogen) atoms. The van der Waals surface area contributed by atoms with Crippen LogP contribution in [-0.2, 0) is 20.2 Å². The van der Waals surface area contributed by atoms with Crippen LogP contribution >= 0.6 is 0 Å². The van der Waals surface area contributed by atoms with Gasteiger partial charge in [-0.25, -0.2) is 8.42 Å². The first-order chi connectivity index (χ1) is 11.2. The summed E-state index contributed by atoms with van der Waals surface area (Å²) in [6.07, 6.45) is 0. The van der Waals surface area contributed by atoms with E-state index in [0.717, 1.165) is 0 Å². The fourth-order valence-electron chi connectivity index (χ4n) is 2.03. The van der Waals surface area contributed by atoms with Crippen molar-refractivity contribution in [2.45, 2.75) is 24.2 Å². The highest BCUT2D eigenvalue weighted by Crippen LogP contribution is 2.25. The maximum atomic E-state index is 12.3. The molecule has 0 spiro atoms. The van der Waals surface area contributed by atoms with Gasteiger partial charge in [-0.15, -0.1) is 0 Å². The molecule has 0 aliphatic rings. The number of carboxylic acids is 1. The summed E-state index contributed by atoms with van der Waals surface area (Å²) in [5, 5.41) is 18.1. The van der Waals surface area contributed by atoms with E-state index in [0.29, 0.717) is 11.3 Å². The van der Waals surface area contributed by atoms with Crippen LogP contribution in [0.1, 0.15) is 25.0 Å². The zero-order valence-corrected chi connectivity index (χ0v) is 14.0. The largest absolute Gasteiger partial charge is 0.481 e. The van der Waals surface area contributed by atoms with E-state index in [-0.39, 0.29) is 10.5 Å². The summed E-state index contributed by atoms with van der Waals surface area (Å²) in [5.74, 6) is -0.968. The van der Waals surface area contributed by atoms with Crippen LogP contribution in [0.4, 0.5) is 5.69 Å². The van der Waals surface area contributed by atoms with Gasteiger partial charge in [0.25, 0.3) is 10.0 Å². The Balaban J connectivity index is 2.28. The summed E-state index contributed by atoms with van der Waals surface area (Å²) in [4.78, 5) is 11.2. The van der Waals surface area contributed by atoms with Gasteiger partial charge in [-0.3, -0.25) is 9.52 Å². The van der Waals surface area contributed by atoms with Gasteiger partial charge in [0.15, 0.2) is 0 Å². The number of carboxylic acid groups (broad SMARTS) is 1. The molecule has 0 amide bonds. The van der Waals surface area contributed by atoms with E-state index < -0.39 is 21.4 Å². The van der Waals surface area contributed by atoms with Crippen molar-refractivity contribution in [3.63, 3.8) is 0 Å². The average molecular weight is 344 g/mol. The normalized spacial score (nSPS) is 11.5. The van der Waals surface area contributed by atoms with E-state index >= 15 is 0 Å². The van der Waals surface area contributed by atoms with E-state index in [4.69, 9.17) is 5.26 Å². The van der Waals surface area contributed by atoms with Crippen molar-refractivity contribution in [1.29, 1.82) is 5.26 Å². The van der Waals surface area contributed by atoms with Gasteiger partial charge in [0.2, 0.25) is 0 Å². The van der Waals surface area contributed by atoms with E-state index in [1.165, 1.54) is 36.4 Å². The quantitative estimate of drug-likeness (QED) is 0.867. The van der Waals surface area contributed by atoms with Crippen LogP contribution in [0.15, 0.2) is 53.4 Å². The van der Waals surface area contributed by atoms with Gasteiger partial charge in [0.05, 0.1) is 21.9 Å². The van der Waals surface area contributed by atoms with Crippen molar-refractivity contribution in [2.24, 2.45) is 0 Å². The number of anilines is 1. The van der Waals surface area contributed by atoms with Gasteiger partial charge in [0, 0.05) is 5.69 Å². The first kappa shape index (κ1) is 17.5. The fraction of sp³-hybridized carbons (Fsp3) is 0.176. The minimum absolute atomic E-state index is 0.0171. The number of hydrogen-bond acceptors (Lipinski definition) is 4. The van der Waals surface area contributed by atoms with Gasteiger partial charge in [0.1, 0.15) is 0 Å². The van der Waals surface area contributed by atoms with Crippen molar-refractivity contribution in [3.05, 3.63) is 59.7 Å². The minimum Gasteiger partial charge on any atom is -0.481 e. The molecular formula is C17H16N2O4S. The highest BCUT2D eigenvalue weighted by Gasteiger charge is 2.29. The van der Waals surface area contributed by atoms with Crippen molar-refractivity contribution in [1.82, 2.24) is 0 Å². The molecule has 0 heterocycles. The predicted molar refractivity (Wildman–Crippen MR) is 89.1 cm³/mol. The molecule has 0 aromatic heterocycles. The number of nitrogens with zero attached hydrogens (tertiary/aromatic N) is 1. The van der Waals surface area contributed by atoms with Crippen LogP contribution in [-0.4, -0.2) is 19.5 Å². The zero-order valence-electron chi connectivity index (χ0n) is 13.1. The monoisotopic (exact) mass is 344 g/mol. The summed E-state index contributed by atoms with van der Waals surface area (Å²) in [5.41, 5.74) is 0.0431. The molecule has 0 atom stereocenters. The lowest BCUT2D eigenvalue weighted by Gasteiger charge is -2.20. The second-order valence-corrected chi connectivity index (χ2v) is 7.44. The lowest BCUT2D eigenvalue weighted by Crippen LogP contribution is -2.28. The molecule has 0 aliphatic heterocycles. The Bertz CT molecular complexity index is 910. The first-order valence-corrected chi connectivity index (χ1v) is 8.52. The standard InChI is InChI=1S/C17H16N2O4S/c1-17(2,16(20)21)13-6-8-14(9-7-13)19-24(22,23)15-5-3-4-12(10-15)11-18/h3-10,19H,1-2H3,(H,20,21). The van der Waals surface area contributed by atoms with Crippen LogP contribution in [0.5, 0.6) is 0 Å². The Hall–Kier alpha value is -2.85. The lowest BCUT2D eigenvalue weighted by atomic mass is 9.85. The molecule has 2 N–H and O–H groups in total. The molecule has 2 aromatic carbocycles. The predicted octanol–water partition coefficient (Wildman–Crippen LogP) is 2.72. The van der Waals surface area contributed by atoms with E-state index in [1.54, 1.807) is 26.0 Å². The second kappa shape index (κ2) is 6.34. The number of nitriles is 1. The minimum atomic E-state index is -3.83. The van der Waals surface area contributed by atoms with E-state index in [2.05, 4.69) is 4.72 Å².